The normalized spacial score (nSPS) is 30.8. The number of rotatable bonds is 6. The van der Waals surface area contributed by atoms with Crippen LogP contribution in [-0.2, 0) is 9.09 Å². The smallest absolute Gasteiger partial charge is 0.270 e. The van der Waals surface area contributed by atoms with Crippen LogP contribution < -0.4 is 5.09 Å². The van der Waals surface area contributed by atoms with E-state index in [-0.39, 0.29) is 6.10 Å². The van der Waals surface area contributed by atoms with Crippen LogP contribution in [0.25, 0.3) is 0 Å². The zero-order valence-electron chi connectivity index (χ0n) is 12.7. The van der Waals surface area contributed by atoms with E-state index in [0.717, 1.165) is 6.42 Å². The van der Waals surface area contributed by atoms with Crippen molar-refractivity contribution in [2.75, 3.05) is 12.7 Å². The summed E-state index contributed by atoms with van der Waals surface area (Å²) in [4.78, 5) is 0. The molecule has 4 heteroatoms. The first kappa shape index (κ1) is 16.8. The molecule has 0 aromatic rings. The third-order valence-electron chi connectivity index (χ3n) is 4.11. The molecule has 1 saturated carbocycles. The van der Waals surface area contributed by atoms with Crippen molar-refractivity contribution in [3.05, 3.63) is 0 Å². The number of hydrogen-bond donors (Lipinski definition) is 1. The second kappa shape index (κ2) is 7.48. The molecule has 110 valence electrons. The van der Waals surface area contributed by atoms with Gasteiger partial charge in [-0.05, 0) is 30.6 Å². The Labute approximate surface area is 118 Å². The average molecular weight is 285 g/mol. The van der Waals surface area contributed by atoms with Crippen LogP contribution in [0.3, 0.4) is 0 Å². The molecule has 0 aromatic carbocycles. The zero-order chi connectivity index (χ0) is 14.5. The highest BCUT2D eigenvalue weighted by Crippen LogP contribution is 2.48. The number of nitrogens with one attached hydrogen (secondary N) is 1. The Bertz CT molecular complexity index is 362. The number of hydrogen-bond acceptors (Lipinski definition) is 2. The monoisotopic (exact) mass is 285 g/mol. The van der Waals surface area contributed by atoms with Crippen LogP contribution in [-0.4, -0.2) is 18.8 Å². The predicted molar refractivity (Wildman–Crippen MR) is 81.2 cm³/mol. The Kier molecular flexibility index (Phi) is 6.60. The molecule has 0 heterocycles. The average Bonchev–Trinajstić information content (AvgIpc) is 2.36. The highest BCUT2D eigenvalue weighted by Gasteiger charge is 2.35. The van der Waals surface area contributed by atoms with Gasteiger partial charge in [0.15, 0.2) is 0 Å². The van der Waals surface area contributed by atoms with Gasteiger partial charge in [0.2, 0.25) is 0 Å². The third kappa shape index (κ3) is 4.95. The van der Waals surface area contributed by atoms with Crippen LogP contribution in [0.1, 0.15) is 47.0 Å². The van der Waals surface area contributed by atoms with E-state index >= 15 is 0 Å². The first-order chi connectivity index (χ1) is 8.91. The lowest BCUT2D eigenvalue weighted by Crippen LogP contribution is -2.35. The van der Waals surface area contributed by atoms with Crippen LogP contribution in [0.2, 0.25) is 0 Å². The van der Waals surface area contributed by atoms with E-state index in [1.807, 2.05) is 6.92 Å². The molecule has 0 bridgehead atoms. The van der Waals surface area contributed by atoms with Crippen molar-refractivity contribution >= 4 is 7.52 Å². The first-order valence-corrected chi connectivity index (χ1v) is 9.19. The van der Waals surface area contributed by atoms with Gasteiger partial charge >= 0.3 is 0 Å². The van der Waals surface area contributed by atoms with Crippen molar-refractivity contribution < 1.29 is 9.09 Å². The summed E-state index contributed by atoms with van der Waals surface area (Å²) in [5, 5.41) is 2.91. The molecule has 0 saturated heterocycles. The Morgan fingerprint density at radius 2 is 2.16 bits per heavy atom. The standard InChI is InChI=1S/C15H28NO2P/c1-6-10-16-19(17,7-2)18-15-11-13(5)8-9-14(15)12(3)4/h1,12-15H,7-11H2,2-5H3,(H,16,17)/t13-,14+,15-,19?/m1/s1. The Balaban J connectivity index is 2.74. The SMILES string of the molecule is C#CCNP(=O)(CC)O[C@@H]1C[C@H](C)CC[C@H]1C(C)C. The summed E-state index contributed by atoms with van der Waals surface area (Å²) in [5.74, 6) is 4.19. The van der Waals surface area contributed by atoms with Gasteiger partial charge in [-0.1, -0.05) is 40.0 Å². The summed E-state index contributed by atoms with van der Waals surface area (Å²) in [7, 11) is -2.78. The summed E-state index contributed by atoms with van der Waals surface area (Å²) in [6.45, 7) is 8.89. The van der Waals surface area contributed by atoms with Gasteiger partial charge in [-0.25, -0.2) is 5.09 Å². The third-order valence-corrected chi connectivity index (χ3v) is 6.19. The minimum atomic E-state index is -2.78. The lowest BCUT2D eigenvalue weighted by atomic mass is 9.75. The minimum absolute atomic E-state index is 0.0970. The molecule has 0 radical (unpaired) electrons. The largest absolute Gasteiger partial charge is 0.314 e. The molecule has 4 atom stereocenters. The van der Waals surface area contributed by atoms with Gasteiger partial charge in [0.25, 0.3) is 7.52 Å². The molecule has 3 nitrogen and oxygen atoms in total. The molecule has 0 aliphatic heterocycles. The maximum absolute atomic E-state index is 12.7. The summed E-state index contributed by atoms with van der Waals surface area (Å²) in [6.07, 6.45) is 9.24. The van der Waals surface area contributed by atoms with Gasteiger partial charge in [-0.2, -0.15) is 0 Å². The van der Waals surface area contributed by atoms with Gasteiger partial charge in [0, 0.05) is 6.16 Å². The van der Waals surface area contributed by atoms with Crippen LogP contribution in [0.5, 0.6) is 0 Å². The molecule has 1 rings (SSSR count). The van der Waals surface area contributed by atoms with Crippen LogP contribution in [0.15, 0.2) is 0 Å². The topological polar surface area (TPSA) is 38.3 Å². The van der Waals surface area contributed by atoms with Crippen LogP contribution >= 0.6 is 7.52 Å². The Morgan fingerprint density at radius 1 is 1.47 bits per heavy atom. The molecule has 0 aromatic heterocycles. The molecule has 1 unspecified atom stereocenters. The molecule has 1 N–H and O–H groups in total. The predicted octanol–water partition coefficient (Wildman–Crippen LogP) is 3.90. The van der Waals surface area contributed by atoms with Gasteiger partial charge < -0.3 is 4.52 Å². The van der Waals surface area contributed by atoms with Gasteiger partial charge in [0.1, 0.15) is 0 Å². The van der Waals surface area contributed by atoms with Crippen molar-refractivity contribution in [3.63, 3.8) is 0 Å². The van der Waals surface area contributed by atoms with E-state index in [0.29, 0.717) is 30.5 Å². The maximum atomic E-state index is 12.7. The second-order valence-electron chi connectivity index (χ2n) is 6.00. The molecular weight excluding hydrogens is 257 g/mol. The van der Waals surface area contributed by atoms with Crippen molar-refractivity contribution in [2.24, 2.45) is 17.8 Å². The highest BCUT2D eigenvalue weighted by molar-refractivity contribution is 7.56. The summed E-state index contributed by atoms with van der Waals surface area (Å²) in [6, 6.07) is 0. The summed E-state index contributed by atoms with van der Waals surface area (Å²) < 4.78 is 18.7. The first-order valence-electron chi connectivity index (χ1n) is 7.38. The van der Waals surface area contributed by atoms with Gasteiger partial charge in [0.05, 0.1) is 12.6 Å². The summed E-state index contributed by atoms with van der Waals surface area (Å²) in [5.41, 5.74) is 0. The van der Waals surface area contributed by atoms with Crippen molar-refractivity contribution in [3.8, 4) is 12.3 Å². The van der Waals surface area contributed by atoms with Crippen LogP contribution in [0.4, 0.5) is 0 Å². The minimum Gasteiger partial charge on any atom is -0.314 e. The van der Waals surface area contributed by atoms with E-state index < -0.39 is 7.52 Å². The van der Waals surface area contributed by atoms with E-state index in [1.165, 1.54) is 12.8 Å². The van der Waals surface area contributed by atoms with E-state index in [4.69, 9.17) is 10.9 Å². The molecule has 1 aliphatic rings. The molecule has 0 amide bonds. The van der Waals surface area contributed by atoms with Crippen molar-refractivity contribution in [1.29, 1.82) is 0 Å². The fraction of sp³-hybridized carbons (Fsp3) is 0.867. The van der Waals surface area contributed by atoms with Crippen LogP contribution in [0, 0.1) is 30.1 Å². The van der Waals surface area contributed by atoms with Crippen molar-refractivity contribution in [2.45, 2.75) is 53.1 Å². The molecular formula is C15H28NO2P. The Morgan fingerprint density at radius 3 is 2.68 bits per heavy atom. The molecule has 1 aliphatic carbocycles. The molecule has 0 spiro atoms. The number of terminal acetylenes is 1. The lowest BCUT2D eigenvalue weighted by molar-refractivity contribution is 0.0469. The lowest BCUT2D eigenvalue weighted by Gasteiger charge is -2.38. The van der Waals surface area contributed by atoms with Crippen molar-refractivity contribution in [1.82, 2.24) is 5.09 Å². The fourth-order valence-electron chi connectivity index (χ4n) is 2.84. The van der Waals surface area contributed by atoms with E-state index in [2.05, 4.69) is 31.8 Å². The molecule has 19 heavy (non-hydrogen) atoms. The van der Waals surface area contributed by atoms with E-state index in [9.17, 15) is 4.57 Å². The summed E-state index contributed by atoms with van der Waals surface area (Å²) >= 11 is 0. The Hall–Kier alpha value is -0.290. The molecule has 1 fully saturated rings. The second-order valence-corrected chi connectivity index (χ2v) is 8.50. The van der Waals surface area contributed by atoms with Gasteiger partial charge in [-0.3, -0.25) is 4.57 Å². The maximum Gasteiger partial charge on any atom is 0.270 e. The van der Waals surface area contributed by atoms with Gasteiger partial charge in [-0.15, -0.1) is 6.42 Å². The highest BCUT2D eigenvalue weighted by atomic mass is 31.2. The zero-order valence-corrected chi connectivity index (χ0v) is 13.6. The van der Waals surface area contributed by atoms with E-state index in [1.54, 1.807) is 0 Å². The quantitative estimate of drug-likeness (QED) is 0.594. The fourth-order valence-corrected chi connectivity index (χ4v) is 4.30.